The highest BCUT2D eigenvalue weighted by Crippen LogP contribution is 2.39. The van der Waals surface area contributed by atoms with Crippen molar-refractivity contribution in [2.45, 2.75) is 56.2 Å². The molecule has 1 nitrogen and oxygen atoms in total. The molecular formula is C16H25NS. The second kappa shape index (κ2) is 6.63. The molecule has 2 heteroatoms. The molecule has 3 unspecified atom stereocenters. The van der Waals surface area contributed by atoms with Crippen LogP contribution in [0.1, 0.15) is 39.2 Å². The predicted octanol–water partition coefficient (Wildman–Crippen LogP) is 4.12. The van der Waals surface area contributed by atoms with Gasteiger partial charge in [0.05, 0.1) is 0 Å². The summed E-state index contributed by atoms with van der Waals surface area (Å²) < 4.78 is 0. The van der Waals surface area contributed by atoms with Gasteiger partial charge in [0.25, 0.3) is 0 Å². The zero-order chi connectivity index (χ0) is 13.0. The highest BCUT2D eigenvalue weighted by molar-refractivity contribution is 8.00. The quantitative estimate of drug-likeness (QED) is 0.828. The van der Waals surface area contributed by atoms with E-state index in [2.05, 4.69) is 62.1 Å². The van der Waals surface area contributed by atoms with Crippen molar-refractivity contribution in [3.8, 4) is 0 Å². The summed E-state index contributed by atoms with van der Waals surface area (Å²) in [6, 6.07) is 9.56. The van der Waals surface area contributed by atoms with Crippen LogP contribution in [0.3, 0.4) is 0 Å². The van der Waals surface area contributed by atoms with Crippen LogP contribution in [0.25, 0.3) is 0 Å². The number of fused-ring (bicyclic) bond motifs is 1. The Morgan fingerprint density at radius 1 is 1.33 bits per heavy atom. The van der Waals surface area contributed by atoms with Gasteiger partial charge in [0.15, 0.2) is 0 Å². The van der Waals surface area contributed by atoms with Gasteiger partial charge in [-0.2, -0.15) is 0 Å². The fourth-order valence-corrected chi connectivity index (χ4v) is 4.46. The van der Waals surface area contributed by atoms with Crippen LogP contribution in [0.4, 0.5) is 0 Å². The molecule has 0 bridgehead atoms. The Hall–Kier alpha value is -0.470. The minimum atomic E-state index is 0.680. The maximum Gasteiger partial charge on any atom is 0.0138 e. The first kappa shape index (κ1) is 14.0. The first-order valence-corrected chi connectivity index (χ1v) is 8.10. The average molecular weight is 263 g/mol. The van der Waals surface area contributed by atoms with Crippen molar-refractivity contribution >= 4 is 11.8 Å². The average Bonchev–Trinajstić information content (AvgIpc) is 2.77. The number of hydrogen-bond acceptors (Lipinski definition) is 2. The van der Waals surface area contributed by atoms with Crippen LogP contribution in [0.2, 0.25) is 0 Å². The lowest BCUT2D eigenvalue weighted by atomic mass is 9.92. The van der Waals surface area contributed by atoms with Gasteiger partial charge < -0.3 is 5.32 Å². The van der Waals surface area contributed by atoms with Crippen molar-refractivity contribution in [2.75, 3.05) is 6.54 Å². The largest absolute Gasteiger partial charge is 0.314 e. The molecule has 3 atom stereocenters. The molecular weight excluding hydrogens is 238 g/mol. The van der Waals surface area contributed by atoms with Crippen LogP contribution in [-0.4, -0.2) is 17.8 Å². The van der Waals surface area contributed by atoms with Gasteiger partial charge in [0.1, 0.15) is 0 Å². The summed E-state index contributed by atoms with van der Waals surface area (Å²) in [4.78, 5) is 1.51. The monoisotopic (exact) mass is 263 g/mol. The van der Waals surface area contributed by atoms with Gasteiger partial charge in [-0.15, -0.1) is 11.8 Å². The van der Waals surface area contributed by atoms with Crippen LogP contribution >= 0.6 is 11.8 Å². The van der Waals surface area contributed by atoms with Gasteiger partial charge in [0, 0.05) is 16.2 Å². The second-order valence-corrected chi connectivity index (χ2v) is 6.68. The summed E-state index contributed by atoms with van der Waals surface area (Å²) in [6.45, 7) is 7.98. The third kappa shape index (κ3) is 3.30. The zero-order valence-electron chi connectivity index (χ0n) is 11.8. The maximum atomic E-state index is 3.62. The van der Waals surface area contributed by atoms with E-state index in [0.717, 1.165) is 17.7 Å². The molecule has 1 N–H and O–H groups in total. The van der Waals surface area contributed by atoms with E-state index < -0.39 is 0 Å². The zero-order valence-corrected chi connectivity index (χ0v) is 12.6. The second-order valence-electron chi connectivity index (χ2n) is 5.34. The van der Waals surface area contributed by atoms with Crippen molar-refractivity contribution in [1.29, 1.82) is 0 Å². The molecule has 1 heterocycles. The number of nitrogens with one attached hydrogen (secondary N) is 1. The molecule has 0 aromatic heterocycles. The van der Waals surface area contributed by atoms with Crippen LogP contribution < -0.4 is 5.32 Å². The third-order valence-corrected chi connectivity index (χ3v) is 5.29. The Kier molecular flexibility index (Phi) is 5.13. The Balaban J connectivity index is 1.89. The summed E-state index contributed by atoms with van der Waals surface area (Å²) in [5, 5.41) is 4.40. The van der Waals surface area contributed by atoms with Gasteiger partial charge in [-0.3, -0.25) is 0 Å². The molecule has 0 amide bonds. The van der Waals surface area contributed by atoms with E-state index in [9.17, 15) is 0 Å². The number of thioether (sulfide) groups is 1. The van der Waals surface area contributed by atoms with Crippen molar-refractivity contribution in [2.24, 2.45) is 5.92 Å². The minimum Gasteiger partial charge on any atom is -0.314 e. The van der Waals surface area contributed by atoms with Crippen molar-refractivity contribution < 1.29 is 0 Å². The Morgan fingerprint density at radius 3 is 2.78 bits per heavy atom. The molecule has 0 spiro atoms. The highest BCUT2D eigenvalue weighted by atomic mass is 32.2. The molecule has 18 heavy (non-hydrogen) atoms. The lowest BCUT2D eigenvalue weighted by Crippen LogP contribution is -2.35. The highest BCUT2D eigenvalue weighted by Gasteiger charge is 2.25. The van der Waals surface area contributed by atoms with Crippen LogP contribution in [0.15, 0.2) is 29.2 Å². The van der Waals surface area contributed by atoms with E-state index >= 15 is 0 Å². The van der Waals surface area contributed by atoms with Crippen LogP contribution in [0, 0.1) is 5.92 Å². The van der Waals surface area contributed by atoms with Gasteiger partial charge in [-0.05, 0) is 43.4 Å². The first-order chi connectivity index (χ1) is 8.74. The molecule has 0 saturated carbocycles. The molecule has 0 saturated heterocycles. The Bertz CT molecular complexity index is 352. The Labute approximate surface area is 116 Å². The lowest BCUT2D eigenvalue weighted by molar-refractivity contribution is 0.351. The molecule has 1 aromatic carbocycles. The molecule has 1 aliphatic heterocycles. The summed E-state index contributed by atoms with van der Waals surface area (Å²) in [5.74, 6) is 0.766. The van der Waals surface area contributed by atoms with Crippen LogP contribution in [-0.2, 0) is 6.42 Å². The third-order valence-electron chi connectivity index (χ3n) is 3.94. The van der Waals surface area contributed by atoms with Crippen LogP contribution in [0.5, 0.6) is 0 Å². The first-order valence-electron chi connectivity index (χ1n) is 7.22. The number of rotatable bonds is 6. The normalized spacial score (nSPS) is 21.6. The standard InChI is InChI=1S/C16H25NS/c1-4-15(17-5-2)12(3)10-14-11-13-8-6-7-9-16(13)18-14/h6-9,12,14-15,17H,4-5,10-11H2,1-3H3. The lowest BCUT2D eigenvalue weighted by Gasteiger charge is -2.25. The maximum absolute atomic E-state index is 3.62. The SMILES string of the molecule is CCNC(CC)C(C)CC1Cc2ccccc2S1. The number of benzene rings is 1. The smallest absolute Gasteiger partial charge is 0.0138 e. The molecule has 0 fully saturated rings. The summed E-state index contributed by atoms with van der Waals surface area (Å²) in [7, 11) is 0. The predicted molar refractivity (Wildman–Crippen MR) is 81.3 cm³/mol. The minimum absolute atomic E-state index is 0.680. The van der Waals surface area contributed by atoms with Crippen molar-refractivity contribution in [3.63, 3.8) is 0 Å². The number of hydrogen-bond donors (Lipinski definition) is 1. The fourth-order valence-electron chi connectivity index (χ4n) is 2.97. The van der Waals surface area contributed by atoms with Gasteiger partial charge >= 0.3 is 0 Å². The summed E-state index contributed by atoms with van der Waals surface area (Å²) in [6.07, 6.45) is 3.82. The molecule has 2 rings (SSSR count). The van der Waals surface area contributed by atoms with E-state index in [1.54, 1.807) is 5.56 Å². The Morgan fingerprint density at radius 2 is 2.11 bits per heavy atom. The molecule has 100 valence electrons. The molecule has 0 aliphatic carbocycles. The van der Waals surface area contributed by atoms with Gasteiger partial charge in [-0.25, -0.2) is 0 Å². The fraction of sp³-hybridized carbons (Fsp3) is 0.625. The van der Waals surface area contributed by atoms with E-state index in [-0.39, 0.29) is 0 Å². The van der Waals surface area contributed by atoms with E-state index in [4.69, 9.17) is 0 Å². The van der Waals surface area contributed by atoms with Gasteiger partial charge in [-0.1, -0.05) is 39.0 Å². The van der Waals surface area contributed by atoms with Crippen molar-refractivity contribution in [1.82, 2.24) is 5.32 Å². The molecule has 1 aromatic rings. The summed E-state index contributed by atoms with van der Waals surface area (Å²) in [5.41, 5.74) is 1.55. The summed E-state index contributed by atoms with van der Waals surface area (Å²) >= 11 is 2.08. The van der Waals surface area contributed by atoms with Gasteiger partial charge in [0.2, 0.25) is 0 Å². The topological polar surface area (TPSA) is 12.0 Å². The molecule has 0 radical (unpaired) electrons. The van der Waals surface area contributed by atoms with E-state index in [0.29, 0.717) is 6.04 Å². The van der Waals surface area contributed by atoms with E-state index in [1.807, 2.05) is 0 Å². The van der Waals surface area contributed by atoms with Crippen molar-refractivity contribution in [3.05, 3.63) is 29.8 Å². The molecule has 1 aliphatic rings. The van der Waals surface area contributed by atoms with E-state index in [1.165, 1.54) is 24.2 Å².